The Hall–Kier alpha value is -0.770. The largest absolute Gasteiger partial charge is 0.338 e. The molecule has 0 amide bonds. The summed E-state index contributed by atoms with van der Waals surface area (Å²) >= 11 is 6.08. The second-order valence-corrected chi connectivity index (χ2v) is 6.50. The summed E-state index contributed by atoms with van der Waals surface area (Å²) in [5, 5.41) is 0.410. The van der Waals surface area contributed by atoms with E-state index in [9.17, 15) is 8.42 Å². The molecular formula is C11H15ClN2O5S. The average Bonchev–Trinajstić information content (AvgIpc) is 2.64. The van der Waals surface area contributed by atoms with Crippen molar-refractivity contribution in [2.24, 2.45) is 0 Å². The van der Waals surface area contributed by atoms with Crippen molar-refractivity contribution >= 4 is 21.9 Å². The first kappa shape index (κ1) is 15.6. The minimum atomic E-state index is -3.93. The molecule has 1 aliphatic rings. The molecule has 0 aromatic carbocycles. The van der Waals surface area contributed by atoms with Crippen molar-refractivity contribution in [1.82, 2.24) is 9.71 Å². The number of halogens is 1. The summed E-state index contributed by atoms with van der Waals surface area (Å²) in [7, 11) is -2.87. The maximum atomic E-state index is 11.5. The van der Waals surface area contributed by atoms with Crippen molar-refractivity contribution < 1.29 is 22.1 Å². The standard InChI is InChI=1S/C11H15ClN2O5S/c1-11(2)18-9(7-6-13-5-4-8(7)12)10(19-11)14-20(15,16)17-3/h4-6,9-10,14H,1-3H3. The number of ether oxygens (including phenoxy) is 2. The van der Waals surface area contributed by atoms with Gasteiger partial charge in [0.05, 0.1) is 7.11 Å². The topological polar surface area (TPSA) is 86.8 Å². The first-order valence-electron chi connectivity index (χ1n) is 5.77. The molecule has 2 heterocycles. The average molecular weight is 323 g/mol. The Morgan fingerprint density at radius 3 is 2.75 bits per heavy atom. The fraction of sp³-hybridized carbons (Fsp3) is 0.545. The van der Waals surface area contributed by atoms with Gasteiger partial charge in [0.25, 0.3) is 0 Å². The van der Waals surface area contributed by atoms with Gasteiger partial charge in [-0.2, -0.15) is 13.1 Å². The van der Waals surface area contributed by atoms with Crippen LogP contribution in [-0.4, -0.2) is 32.5 Å². The lowest BCUT2D eigenvalue weighted by Crippen LogP contribution is -2.39. The van der Waals surface area contributed by atoms with Crippen LogP contribution >= 0.6 is 11.6 Å². The number of pyridine rings is 1. The Kier molecular flexibility index (Phi) is 4.33. The first-order valence-corrected chi connectivity index (χ1v) is 7.55. The molecule has 1 saturated heterocycles. The molecule has 0 bridgehead atoms. The van der Waals surface area contributed by atoms with Gasteiger partial charge in [-0.15, -0.1) is 0 Å². The summed E-state index contributed by atoms with van der Waals surface area (Å²) in [6.07, 6.45) is 1.35. The van der Waals surface area contributed by atoms with Gasteiger partial charge in [-0.3, -0.25) is 9.17 Å². The highest BCUT2D eigenvalue weighted by molar-refractivity contribution is 7.84. The van der Waals surface area contributed by atoms with Gasteiger partial charge in [-0.1, -0.05) is 11.6 Å². The second kappa shape index (κ2) is 5.55. The summed E-state index contributed by atoms with van der Waals surface area (Å²) < 4.78 is 40.9. The molecule has 1 aromatic rings. The molecule has 7 nitrogen and oxygen atoms in total. The Morgan fingerprint density at radius 2 is 2.15 bits per heavy atom. The summed E-state index contributed by atoms with van der Waals surface area (Å²) in [5.41, 5.74) is 0.531. The van der Waals surface area contributed by atoms with Crippen molar-refractivity contribution in [1.29, 1.82) is 0 Å². The SMILES string of the molecule is COS(=O)(=O)NC1OC(C)(C)OC1c1cnccc1Cl. The second-order valence-electron chi connectivity index (χ2n) is 4.61. The number of nitrogens with one attached hydrogen (secondary N) is 1. The highest BCUT2D eigenvalue weighted by Gasteiger charge is 2.44. The molecule has 0 aliphatic carbocycles. The minimum absolute atomic E-state index is 0.410. The lowest BCUT2D eigenvalue weighted by molar-refractivity contribution is -0.147. The van der Waals surface area contributed by atoms with Crippen molar-refractivity contribution in [3.8, 4) is 0 Å². The summed E-state index contributed by atoms with van der Waals surface area (Å²) in [6.45, 7) is 3.34. The number of rotatable bonds is 4. The van der Waals surface area contributed by atoms with E-state index in [4.69, 9.17) is 21.1 Å². The third-order valence-corrected chi connectivity index (χ3v) is 3.98. The van der Waals surface area contributed by atoms with Crippen molar-refractivity contribution in [2.45, 2.75) is 32.0 Å². The molecule has 1 N–H and O–H groups in total. The molecule has 2 atom stereocenters. The predicted molar refractivity (Wildman–Crippen MR) is 71.1 cm³/mol. The number of aromatic nitrogens is 1. The first-order chi connectivity index (χ1) is 9.24. The molecule has 2 rings (SSSR count). The maximum Gasteiger partial charge on any atom is 0.337 e. The van der Waals surface area contributed by atoms with E-state index in [1.54, 1.807) is 19.9 Å². The van der Waals surface area contributed by atoms with Crippen LogP contribution in [0.4, 0.5) is 0 Å². The van der Waals surface area contributed by atoms with Crippen LogP contribution in [0.3, 0.4) is 0 Å². The van der Waals surface area contributed by atoms with Gasteiger partial charge in [0, 0.05) is 23.0 Å². The van der Waals surface area contributed by atoms with Crippen LogP contribution in [0.2, 0.25) is 5.02 Å². The van der Waals surface area contributed by atoms with Crippen molar-refractivity contribution in [3.05, 3.63) is 29.0 Å². The Labute approximate surface area is 122 Å². The normalized spacial score (nSPS) is 25.8. The molecule has 2 unspecified atom stereocenters. The smallest absolute Gasteiger partial charge is 0.337 e. The van der Waals surface area contributed by atoms with E-state index in [0.29, 0.717) is 10.6 Å². The molecule has 112 valence electrons. The van der Waals surface area contributed by atoms with Gasteiger partial charge in [0.2, 0.25) is 0 Å². The van der Waals surface area contributed by atoms with E-state index in [-0.39, 0.29) is 0 Å². The van der Waals surface area contributed by atoms with Crippen LogP contribution in [0.25, 0.3) is 0 Å². The molecular weight excluding hydrogens is 308 g/mol. The Morgan fingerprint density at radius 1 is 1.45 bits per heavy atom. The molecule has 20 heavy (non-hydrogen) atoms. The zero-order valence-electron chi connectivity index (χ0n) is 11.2. The molecule has 1 aliphatic heterocycles. The summed E-state index contributed by atoms with van der Waals surface area (Å²) in [4.78, 5) is 3.96. The van der Waals surface area contributed by atoms with Crippen LogP contribution in [0.15, 0.2) is 18.5 Å². The van der Waals surface area contributed by atoms with E-state index >= 15 is 0 Å². The van der Waals surface area contributed by atoms with Crippen molar-refractivity contribution in [2.75, 3.05) is 7.11 Å². The van der Waals surface area contributed by atoms with Crippen LogP contribution < -0.4 is 4.72 Å². The zero-order chi connectivity index (χ0) is 15.0. The van der Waals surface area contributed by atoms with Gasteiger partial charge in [-0.25, -0.2) is 0 Å². The predicted octanol–water partition coefficient (Wildman–Crippen LogP) is 1.37. The van der Waals surface area contributed by atoms with Crippen LogP contribution in [-0.2, 0) is 24.0 Å². The lowest BCUT2D eigenvalue weighted by atomic mass is 10.1. The molecule has 1 fully saturated rings. The van der Waals surface area contributed by atoms with E-state index in [2.05, 4.69) is 13.9 Å². The van der Waals surface area contributed by atoms with Gasteiger partial charge in [0.1, 0.15) is 6.10 Å². The summed E-state index contributed by atoms with van der Waals surface area (Å²) in [5.74, 6) is -0.967. The third kappa shape index (κ3) is 3.46. The van der Waals surface area contributed by atoms with Gasteiger partial charge in [0.15, 0.2) is 12.0 Å². The minimum Gasteiger partial charge on any atom is -0.338 e. The van der Waals surface area contributed by atoms with Gasteiger partial charge < -0.3 is 9.47 Å². The van der Waals surface area contributed by atoms with E-state index in [0.717, 1.165) is 7.11 Å². The fourth-order valence-corrected chi connectivity index (χ4v) is 2.63. The van der Waals surface area contributed by atoms with Gasteiger partial charge in [-0.05, 0) is 19.9 Å². The molecule has 0 spiro atoms. The Balaban J connectivity index is 2.32. The van der Waals surface area contributed by atoms with Crippen LogP contribution in [0.1, 0.15) is 25.5 Å². The monoisotopic (exact) mass is 322 g/mol. The third-order valence-electron chi connectivity index (χ3n) is 2.68. The fourth-order valence-electron chi connectivity index (χ4n) is 1.86. The molecule has 0 radical (unpaired) electrons. The number of hydrogen-bond acceptors (Lipinski definition) is 6. The van der Waals surface area contributed by atoms with Gasteiger partial charge >= 0.3 is 10.3 Å². The quantitative estimate of drug-likeness (QED) is 0.901. The van der Waals surface area contributed by atoms with Crippen LogP contribution in [0.5, 0.6) is 0 Å². The van der Waals surface area contributed by atoms with E-state index < -0.39 is 28.4 Å². The number of hydrogen-bond donors (Lipinski definition) is 1. The summed E-state index contributed by atoms with van der Waals surface area (Å²) in [6, 6.07) is 1.59. The van der Waals surface area contributed by atoms with Crippen LogP contribution in [0, 0.1) is 0 Å². The molecule has 1 aromatic heterocycles. The zero-order valence-corrected chi connectivity index (χ0v) is 12.7. The highest BCUT2D eigenvalue weighted by Crippen LogP contribution is 2.39. The Bertz CT molecular complexity index is 592. The molecule has 9 heteroatoms. The molecule has 0 saturated carbocycles. The van der Waals surface area contributed by atoms with Crippen molar-refractivity contribution in [3.63, 3.8) is 0 Å². The number of nitrogens with zero attached hydrogens (tertiary/aromatic N) is 1. The lowest BCUT2D eigenvalue weighted by Gasteiger charge is -2.18. The highest BCUT2D eigenvalue weighted by atomic mass is 35.5. The maximum absolute atomic E-state index is 11.5. The van der Waals surface area contributed by atoms with E-state index in [1.165, 1.54) is 12.4 Å². The van der Waals surface area contributed by atoms with E-state index in [1.807, 2.05) is 0 Å².